The fourth-order valence-electron chi connectivity index (χ4n) is 3.41. The average molecular weight is 494 g/mol. The maximum Gasteiger partial charge on any atom is 0.229 e. The predicted octanol–water partition coefficient (Wildman–Crippen LogP) is 2.44. The molecule has 1 saturated carbocycles. The number of likely N-dealkylation sites (tertiary alicyclic amines) is 1. The van der Waals surface area contributed by atoms with Crippen LogP contribution in [0.5, 0.6) is 0 Å². The van der Waals surface area contributed by atoms with Gasteiger partial charge in [0.15, 0.2) is 5.96 Å². The van der Waals surface area contributed by atoms with Crippen LogP contribution in [0.2, 0.25) is 0 Å². The third kappa shape index (κ3) is 9.23. The molecule has 1 aliphatic carbocycles. The van der Waals surface area contributed by atoms with Crippen molar-refractivity contribution in [3.8, 4) is 0 Å². The van der Waals surface area contributed by atoms with E-state index >= 15 is 0 Å². The van der Waals surface area contributed by atoms with Crippen molar-refractivity contribution in [3.63, 3.8) is 0 Å². The summed E-state index contributed by atoms with van der Waals surface area (Å²) in [5.74, 6) is 0.594. The van der Waals surface area contributed by atoms with E-state index in [1.54, 1.807) is 0 Å². The fraction of sp³-hybridized carbons (Fsp3) is 0.842. The number of rotatable bonds is 9. The number of piperidine rings is 1. The number of carbonyl (C=O) groups is 2. The van der Waals surface area contributed by atoms with Crippen molar-refractivity contribution < 1.29 is 14.3 Å². The molecule has 2 rings (SSSR count). The number of nitrogens with one attached hydrogen (secondary N) is 2. The van der Waals surface area contributed by atoms with E-state index in [2.05, 4.69) is 15.6 Å². The molecule has 2 amide bonds. The maximum absolute atomic E-state index is 11.8. The monoisotopic (exact) mass is 494 g/mol. The second-order valence-electron chi connectivity index (χ2n) is 6.96. The zero-order valence-corrected chi connectivity index (χ0v) is 18.8. The molecule has 2 aliphatic rings. The third-order valence-corrected chi connectivity index (χ3v) is 4.83. The molecule has 0 aromatic rings. The Kier molecular flexibility index (Phi) is 12.6. The summed E-state index contributed by atoms with van der Waals surface area (Å²) in [6.07, 6.45) is 9.28. The van der Waals surface area contributed by atoms with Crippen LogP contribution in [-0.2, 0) is 14.3 Å². The van der Waals surface area contributed by atoms with Crippen molar-refractivity contribution in [2.75, 3.05) is 32.8 Å². The Hall–Kier alpha value is -0.900. The molecular weight excluding hydrogens is 459 g/mol. The van der Waals surface area contributed by atoms with Crippen molar-refractivity contribution in [2.45, 2.75) is 70.8 Å². The molecule has 7 nitrogen and oxygen atoms in total. The molecule has 0 spiro atoms. The second-order valence-corrected chi connectivity index (χ2v) is 6.96. The summed E-state index contributed by atoms with van der Waals surface area (Å²) >= 11 is 0. The van der Waals surface area contributed by atoms with Crippen LogP contribution in [0.25, 0.3) is 0 Å². The molecule has 0 aromatic heterocycles. The molecule has 1 aliphatic heterocycles. The topological polar surface area (TPSA) is 83.0 Å². The van der Waals surface area contributed by atoms with Crippen LogP contribution in [0.4, 0.5) is 0 Å². The van der Waals surface area contributed by atoms with Crippen LogP contribution < -0.4 is 10.6 Å². The summed E-state index contributed by atoms with van der Waals surface area (Å²) < 4.78 is 5.92. The first-order valence-electron chi connectivity index (χ1n) is 10.2. The fourth-order valence-corrected chi connectivity index (χ4v) is 3.41. The summed E-state index contributed by atoms with van der Waals surface area (Å²) in [6, 6.07) is 0. The Labute approximate surface area is 180 Å². The lowest BCUT2D eigenvalue weighted by molar-refractivity contribution is -0.147. The van der Waals surface area contributed by atoms with Crippen LogP contribution in [0.15, 0.2) is 4.99 Å². The smallest absolute Gasteiger partial charge is 0.229 e. The molecular formula is C19H35IN4O3. The highest BCUT2D eigenvalue weighted by atomic mass is 127. The average Bonchev–Trinajstić information content (AvgIpc) is 2.64. The van der Waals surface area contributed by atoms with Crippen LogP contribution in [0, 0.1) is 0 Å². The van der Waals surface area contributed by atoms with Gasteiger partial charge in [0.2, 0.25) is 11.8 Å². The van der Waals surface area contributed by atoms with Crippen LogP contribution >= 0.6 is 24.0 Å². The summed E-state index contributed by atoms with van der Waals surface area (Å²) in [4.78, 5) is 29.5. The van der Waals surface area contributed by atoms with Gasteiger partial charge in [-0.05, 0) is 32.6 Å². The van der Waals surface area contributed by atoms with Gasteiger partial charge in [-0.15, -0.1) is 24.0 Å². The number of aliphatic imine (C=N–C) groups is 1. The number of hydrogen-bond donors (Lipinski definition) is 2. The number of hydrogen-bond acceptors (Lipinski definition) is 4. The SMILES string of the molecule is CCNC(=NCCCOC1CCCCC1)NCCN1C(=O)CCCC1=O.I. The number of ether oxygens (including phenoxy) is 1. The molecule has 2 N–H and O–H groups in total. The van der Waals surface area contributed by atoms with Crippen molar-refractivity contribution >= 4 is 41.8 Å². The van der Waals surface area contributed by atoms with Crippen molar-refractivity contribution in [1.82, 2.24) is 15.5 Å². The Bertz CT molecular complexity index is 466. The van der Waals surface area contributed by atoms with E-state index in [9.17, 15) is 9.59 Å². The number of guanidine groups is 1. The molecule has 156 valence electrons. The lowest BCUT2D eigenvalue weighted by atomic mass is 9.98. The molecule has 0 atom stereocenters. The lowest BCUT2D eigenvalue weighted by Gasteiger charge is -2.25. The van der Waals surface area contributed by atoms with Crippen molar-refractivity contribution in [3.05, 3.63) is 0 Å². The van der Waals surface area contributed by atoms with Crippen LogP contribution in [0.3, 0.4) is 0 Å². The molecule has 0 radical (unpaired) electrons. The van der Waals surface area contributed by atoms with Gasteiger partial charge in [-0.3, -0.25) is 19.5 Å². The molecule has 0 unspecified atom stereocenters. The van der Waals surface area contributed by atoms with Gasteiger partial charge in [0.05, 0.1) is 6.10 Å². The first-order chi connectivity index (χ1) is 12.7. The zero-order valence-electron chi connectivity index (χ0n) is 16.5. The van der Waals surface area contributed by atoms with Crippen molar-refractivity contribution in [1.29, 1.82) is 0 Å². The Morgan fingerprint density at radius 2 is 1.81 bits per heavy atom. The summed E-state index contributed by atoms with van der Waals surface area (Å²) in [6.45, 7) is 5.15. The Balaban J connectivity index is 0.00000364. The minimum Gasteiger partial charge on any atom is -0.378 e. The molecule has 1 heterocycles. The Morgan fingerprint density at radius 3 is 2.48 bits per heavy atom. The van der Waals surface area contributed by atoms with Gasteiger partial charge < -0.3 is 15.4 Å². The van der Waals surface area contributed by atoms with Gasteiger partial charge in [-0.2, -0.15) is 0 Å². The van der Waals surface area contributed by atoms with E-state index in [1.807, 2.05) is 6.92 Å². The normalized spacial score (nSPS) is 19.0. The van der Waals surface area contributed by atoms with Crippen LogP contribution in [-0.4, -0.2) is 61.6 Å². The minimum absolute atomic E-state index is 0. The summed E-state index contributed by atoms with van der Waals surface area (Å²) in [5.41, 5.74) is 0. The summed E-state index contributed by atoms with van der Waals surface area (Å²) in [5, 5.41) is 6.39. The number of carbonyl (C=O) groups excluding carboxylic acids is 2. The Morgan fingerprint density at radius 1 is 1.11 bits per heavy atom. The highest BCUT2D eigenvalue weighted by Crippen LogP contribution is 2.20. The van der Waals surface area contributed by atoms with Gasteiger partial charge in [-0.25, -0.2) is 0 Å². The molecule has 8 heteroatoms. The van der Waals surface area contributed by atoms with E-state index in [0.29, 0.717) is 45.0 Å². The highest BCUT2D eigenvalue weighted by molar-refractivity contribution is 14.0. The minimum atomic E-state index is -0.0650. The van der Waals surface area contributed by atoms with E-state index in [4.69, 9.17) is 4.74 Å². The van der Waals surface area contributed by atoms with Gasteiger partial charge in [0, 0.05) is 45.6 Å². The number of nitrogens with zero attached hydrogens (tertiary/aromatic N) is 2. The maximum atomic E-state index is 11.8. The quantitative estimate of drug-likeness (QED) is 0.169. The number of halogens is 1. The van der Waals surface area contributed by atoms with E-state index in [-0.39, 0.29) is 35.8 Å². The molecule has 2 fully saturated rings. The standard InChI is InChI=1S/C19H34N4O3.HI/c1-2-20-19(21-12-7-15-26-16-8-4-3-5-9-16)22-13-14-23-17(24)10-6-11-18(23)25;/h16H,2-15H2,1H3,(H2,20,21,22);1H. The number of imide groups is 1. The largest absolute Gasteiger partial charge is 0.378 e. The number of amides is 2. The van der Waals surface area contributed by atoms with Crippen molar-refractivity contribution in [2.24, 2.45) is 4.99 Å². The van der Waals surface area contributed by atoms with Gasteiger partial charge in [0.25, 0.3) is 0 Å². The highest BCUT2D eigenvalue weighted by Gasteiger charge is 2.25. The van der Waals surface area contributed by atoms with Crippen LogP contribution in [0.1, 0.15) is 64.7 Å². The predicted molar refractivity (Wildman–Crippen MR) is 117 cm³/mol. The first-order valence-corrected chi connectivity index (χ1v) is 10.2. The second kappa shape index (κ2) is 14.1. The van der Waals surface area contributed by atoms with E-state index < -0.39 is 0 Å². The zero-order chi connectivity index (χ0) is 18.6. The molecule has 0 aromatic carbocycles. The van der Waals surface area contributed by atoms with Gasteiger partial charge in [-0.1, -0.05) is 19.3 Å². The van der Waals surface area contributed by atoms with Gasteiger partial charge in [0.1, 0.15) is 0 Å². The van der Waals surface area contributed by atoms with E-state index in [0.717, 1.165) is 25.5 Å². The molecule has 27 heavy (non-hydrogen) atoms. The first kappa shape index (κ1) is 24.1. The lowest BCUT2D eigenvalue weighted by Crippen LogP contribution is -2.46. The molecule has 0 bridgehead atoms. The third-order valence-electron chi connectivity index (χ3n) is 4.83. The molecule has 1 saturated heterocycles. The van der Waals surface area contributed by atoms with Gasteiger partial charge >= 0.3 is 0 Å². The van der Waals surface area contributed by atoms with E-state index in [1.165, 1.54) is 37.0 Å². The summed E-state index contributed by atoms with van der Waals surface area (Å²) in [7, 11) is 0.